The lowest BCUT2D eigenvalue weighted by Crippen LogP contribution is -2.34. The molecule has 0 bridgehead atoms. The summed E-state index contributed by atoms with van der Waals surface area (Å²) in [6, 6.07) is 11.6. The van der Waals surface area contributed by atoms with Gasteiger partial charge in [0.05, 0.1) is 17.0 Å². The molecule has 1 fully saturated rings. The minimum atomic E-state index is -0.244. The van der Waals surface area contributed by atoms with E-state index in [1.165, 1.54) is 17.8 Å². The SMILES string of the molecule is CCc1cc2c(=O)c(-c3nc(C)cs3)c(N)oc2c([C@H](c2ccccc2)N2CCCCC2)c1O. The van der Waals surface area contributed by atoms with Crippen LogP contribution < -0.4 is 11.2 Å². The van der Waals surface area contributed by atoms with Crippen molar-refractivity contribution in [1.29, 1.82) is 0 Å². The van der Waals surface area contributed by atoms with Crippen LogP contribution in [0.2, 0.25) is 0 Å². The number of nitrogens with zero attached hydrogens (tertiary/aromatic N) is 2. The number of phenols is 1. The number of piperidine rings is 1. The molecule has 0 amide bonds. The van der Waals surface area contributed by atoms with Crippen LogP contribution in [0, 0.1) is 6.92 Å². The van der Waals surface area contributed by atoms with Crippen LogP contribution >= 0.6 is 11.3 Å². The van der Waals surface area contributed by atoms with E-state index in [9.17, 15) is 9.90 Å². The monoisotopic (exact) mass is 475 g/mol. The third-order valence-electron chi connectivity index (χ3n) is 6.66. The second-order valence-electron chi connectivity index (χ2n) is 8.90. The van der Waals surface area contributed by atoms with Crippen LogP contribution in [0.25, 0.3) is 21.5 Å². The van der Waals surface area contributed by atoms with Crippen molar-refractivity contribution in [1.82, 2.24) is 9.88 Å². The smallest absolute Gasteiger partial charge is 0.205 e. The van der Waals surface area contributed by atoms with Crippen LogP contribution in [0.3, 0.4) is 0 Å². The van der Waals surface area contributed by atoms with Crippen molar-refractivity contribution < 1.29 is 9.52 Å². The summed E-state index contributed by atoms with van der Waals surface area (Å²) in [5.41, 5.74) is 9.99. The summed E-state index contributed by atoms with van der Waals surface area (Å²) in [6.45, 7) is 5.68. The van der Waals surface area contributed by atoms with E-state index in [0.717, 1.165) is 42.8 Å². The number of fused-ring (bicyclic) bond motifs is 1. The third-order valence-corrected chi connectivity index (χ3v) is 7.63. The van der Waals surface area contributed by atoms with E-state index in [1.54, 1.807) is 6.07 Å². The van der Waals surface area contributed by atoms with Gasteiger partial charge in [-0.1, -0.05) is 43.7 Å². The van der Waals surface area contributed by atoms with Gasteiger partial charge in [0, 0.05) is 11.1 Å². The molecule has 0 aliphatic carbocycles. The number of thiazole rings is 1. The van der Waals surface area contributed by atoms with Crippen molar-refractivity contribution in [3.8, 4) is 16.3 Å². The van der Waals surface area contributed by atoms with Gasteiger partial charge in [0.1, 0.15) is 21.9 Å². The molecule has 6 nitrogen and oxygen atoms in total. The predicted octanol–water partition coefficient (Wildman–Crippen LogP) is 5.65. The van der Waals surface area contributed by atoms with Gasteiger partial charge >= 0.3 is 0 Å². The van der Waals surface area contributed by atoms with Crippen LogP contribution in [0.4, 0.5) is 5.88 Å². The number of aryl methyl sites for hydroxylation is 2. The first kappa shape index (κ1) is 22.6. The Hall–Kier alpha value is -3.16. The molecule has 176 valence electrons. The average molecular weight is 476 g/mol. The molecule has 0 unspecified atom stereocenters. The lowest BCUT2D eigenvalue weighted by molar-refractivity contribution is 0.185. The Kier molecular flexibility index (Phi) is 6.15. The fourth-order valence-corrected chi connectivity index (χ4v) is 5.83. The fourth-order valence-electron chi connectivity index (χ4n) is 4.99. The number of rotatable bonds is 5. The first-order valence-corrected chi connectivity index (χ1v) is 12.7. The topological polar surface area (TPSA) is 92.6 Å². The zero-order valence-electron chi connectivity index (χ0n) is 19.5. The zero-order chi connectivity index (χ0) is 23.8. The van der Waals surface area contributed by atoms with E-state index >= 15 is 0 Å². The van der Waals surface area contributed by atoms with Crippen LogP contribution in [0.15, 0.2) is 51.0 Å². The number of hydrogen-bond donors (Lipinski definition) is 2. The molecule has 0 radical (unpaired) electrons. The average Bonchev–Trinajstić information content (AvgIpc) is 3.27. The highest BCUT2D eigenvalue weighted by molar-refractivity contribution is 7.13. The van der Waals surface area contributed by atoms with Crippen molar-refractivity contribution in [2.75, 3.05) is 18.8 Å². The second kappa shape index (κ2) is 9.24. The predicted molar refractivity (Wildman–Crippen MR) is 137 cm³/mol. The number of nitrogen functional groups attached to an aromatic ring is 1. The van der Waals surface area contributed by atoms with Gasteiger partial charge in [-0.25, -0.2) is 4.98 Å². The maximum Gasteiger partial charge on any atom is 0.205 e. The van der Waals surface area contributed by atoms with Crippen LogP contribution in [-0.2, 0) is 6.42 Å². The molecule has 7 heteroatoms. The summed E-state index contributed by atoms with van der Waals surface area (Å²) in [5, 5.41) is 14.3. The molecule has 4 aromatic rings. The Balaban J connectivity index is 1.83. The molecule has 1 aliphatic heterocycles. The molecule has 2 aromatic heterocycles. The molecule has 3 N–H and O–H groups in total. The fraction of sp³-hybridized carbons (Fsp3) is 0.333. The number of aromatic hydroxyl groups is 1. The Morgan fingerprint density at radius 2 is 1.94 bits per heavy atom. The summed E-state index contributed by atoms with van der Waals surface area (Å²) in [6.07, 6.45) is 3.97. The van der Waals surface area contributed by atoms with Gasteiger partial charge in [0.25, 0.3) is 0 Å². The Morgan fingerprint density at radius 3 is 2.59 bits per heavy atom. The Bertz CT molecular complexity index is 1390. The molecule has 3 heterocycles. The minimum Gasteiger partial charge on any atom is -0.507 e. The number of anilines is 1. The molecular formula is C27H29N3O3S. The van der Waals surface area contributed by atoms with Crippen LogP contribution in [0.5, 0.6) is 5.75 Å². The highest BCUT2D eigenvalue weighted by atomic mass is 32.1. The largest absolute Gasteiger partial charge is 0.507 e. The maximum atomic E-state index is 13.8. The Labute approximate surface area is 202 Å². The van der Waals surface area contributed by atoms with Gasteiger partial charge < -0.3 is 15.3 Å². The van der Waals surface area contributed by atoms with Gasteiger partial charge in [-0.15, -0.1) is 11.3 Å². The molecule has 2 aromatic carbocycles. The molecule has 0 spiro atoms. The molecule has 5 rings (SSSR count). The Morgan fingerprint density at radius 1 is 1.21 bits per heavy atom. The van der Waals surface area contributed by atoms with E-state index < -0.39 is 0 Å². The van der Waals surface area contributed by atoms with Crippen LogP contribution in [-0.4, -0.2) is 28.1 Å². The van der Waals surface area contributed by atoms with Gasteiger partial charge in [0.2, 0.25) is 11.3 Å². The van der Waals surface area contributed by atoms with Crippen molar-refractivity contribution in [2.45, 2.75) is 45.6 Å². The number of aromatic nitrogens is 1. The van der Waals surface area contributed by atoms with E-state index in [0.29, 0.717) is 33.5 Å². The highest BCUT2D eigenvalue weighted by Gasteiger charge is 2.32. The molecule has 0 saturated carbocycles. The van der Waals surface area contributed by atoms with Gasteiger partial charge in [-0.05, 0) is 56.5 Å². The van der Waals surface area contributed by atoms with Crippen molar-refractivity contribution >= 4 is 28.2 Å². The van der Waals surface area contributed by atoms with E-state index in [-0.39, 0.29) is 23.1 Å². The standard InChI is InChI=1S/C27H29N3O3S/c1-3-17-14-19-24(32)21(27-29-16(2)15-34-27)26(28)33-25(19)20(23(17)31)22(18-10-6-4-7-11-18)30-12-8-5-9-13-30/h4,6-7,10-11,14-15,22,31H,3,5,8-9,12-13,28H2,1-2H3/t22-/m0/s1. The first-order valence-electron chi connectivity index (χ1n) is 11.8. The van der Waals surface area contributed by atoms with Gasteiger partial charge in [-0.2, -0.15) is 0 Å². The number of phenolic OH excluding ortho intramolecular Hbond substituents is 1. The highest BCUT2D eigenvalue weighted by Crippen LogP contribution is 2.43. The third kappa shape index (κ3) is 3.89. The quantitative estimate of drug-likeness (QED) is 0.387. The normalized spacial score (nSPS) is 15.6. The maximum absolute atomic E-state index is 13.8. The van der Waals surface area contributed by atoms with Gasteiger partial charge in [0.15, 0.2) is 0 Å². The minimum absolute atomic E-state index is 0.0298. The molecule has 1 atom stereocenters. The molecule has 1 aliphatic rings. The number of nitrogens with two attached hydrogens (primary N) is 1. The lowest BCUT2D eigenvalue weighted by Gasteiger charge is -2.36. The summed E-state index contributed by atoms with van der Waals surface area (Å²) in [4.78, 5) is 20.6. The van der Waals surface area contributed by atoms with E-state index in [4.69, 9.17) is 10.2 Å². The number of likely N-dealkylation sites (tertiary alicyclic amines) is 1. The molecule has 34 heavy (non-hydrogen) atoms. The molecule has 1 saturated heterocycles. The van der Waals surface area contributed by atoms with Crippen LogP contribution in [0.1, 0.15) is 54.6 Å². The first-order chi connectivity index (χ1) is 16.5. The van der Waals surface area contributed by atoms with Crippen molar-refractivity contribution in [3.05, 3.63) is 74.4 Å². The summed E-state index contributed by atoms with van der Waals surface area (Å²) in [5.74, 6) is 0.206. The van der Waals surface area contributed by atoms with Crippen molar-refractivity contribution in [3.63, 3.8) is 0 Å². The zero-order valence-corrected chi connectivity index (χ0v) is 20.3. The van der Waals surface area contributed by atoms with Crippen molar-refractivity contribution in [2.24, 2.45) is 0 Å². The second-order valence-corrected chi connectivity index (χ2v) is 9.76. The number of hydrogen-bond acceptors (Lipinski definition) is 7. The summed E-state index contributed by atoms with van der Waals surface area (Å²) in [7, 11) is 0. The summed E-state index contributed by atoms with van der Waals surface area (Å²) >= 11 is 1.37. The van der Waals surface area contributed by atoms with Gasteiger partial charge in [-0.3, -0.25) is 9.69 Å². The van der Waals surface area contributed by atoms with E-state index in [2.05, 4.69) is 22.0 Å². The van der Waals surface area contributed by atoms with E-state index in [1.807, 2.05) is 37.4 Å². The lowest BCUT2D eigenvalue weighted by atomic mass is 9.90. The molecular weight excluding hydrogens is 446 g/mol. The number of benzene rings is 2. The summed E-state index contributed by atoms with van der Waals surface area (Å²) < 4.78 is 6.20.